The summed E-state index contributed by atoms with van der Waals surface area (Å²) >= 11 is 1.69. The molecule has 104 valence electrons. The zero-order valence-electron chi connectivity index (χ0n) is 11.9. The van der Waals surface area contributed by atoms with Crippen LogP contribution >= 0.6 is 11.3 Å². The first-order valence-corrected chi connectivity index (χ1v) is 7.42. The molecule has 0 atom stereocenters. The van der Waals surface area contributed by atoms with Gasteiger partial charge in [0.2, 0.25) is 5.89 Å². The van der Waals surface area contributed by atoms with Gasteiger partial charge in [-0.15, -0.1) is 11.3 Å². The van der Waals surface area contributed by atoms with Gasteiger partial charge in [0.05, 0.1) is 17.7 Å². The van der Waals surface area contributed by atoms with E-state index in [9.17, 15) is 0 Å². The van der Waals surface area contributed by atoms with E-state index in [1.54, 1.807) is 11.3 Å². The molecule has 0 N–H and O–H groups in total. The Morgan fingerprint density at radius 1 is 1.37 bits per heavy atom. The smallest absolute Gasteiger partial charge is 0.240 e. The van der Waals surface area contributed by atoms with Crippen molar-refractivity contribution in [1.29, 1.82) is 0 Å². The number of thiazole rings is 1. The van der Waals surface area contributed by atoms with E-state index in [0.717, 1.165) is 24.6 Å². The van der Waals surface area contributed by atoms with Crippen LogP contribution in [0.2, 0.25) is 0 Å². The zero-order valence-corrected chi connectivity index (χ0v) is 12.7. The summed E-state index contributed by atoms with van der Waals surface area (Å²) in [4.78, 5) is 12.3. The van der Waals surface area contributed by atoms with Crippen molar-refractivity contribution in [3.63, 3.8) is 0 Å². The molecule has 0 aliphatic heterocycles. The number of nitrogens with zero attached hydrogens (tertiary/aromatic N) is 4. The number of aryl methyl sites for hydroxylation is 1. The third-order valence-corrected chi connectivity index (χ3v) is 3.94. The summed E-state index contributed by atoms with van der Waals surface area (Å²) in [5.41, 5.74) is 3.00. The molecule has 0 aromatic carbocycles. The highest BCUT2D eigenvalue weighted by atomic mass is 32.1. The second kappa shape index (κ2) is 6.25. The molecule has 0 fully saturated rings. The van der Waals surface area contributed by atoms with Crippen LogP contribution in [-0.2, 0) is 13.1 Å². The minimum Gasteiger partial charge on any atom is -0.338 e. The lowest BCUT2D eigenvalue weighted by Gasteiger charge is -2.17. The van der Waals surface area contributed by atoms with Crippen molar-refractivity contribution in [3.05, 3.63) is 27.8 Å². The van der Waals surface area contributed by atoms with E-state index in [0.29, 0.717) is 18.4 Å². The Hall–Kier alpha value is -1.27. The minimum atomic E-state index is 0.302. The Balaban J connectivity index is 2.00. The SMILES string of the molecule is CCN(Cc1nc(C(C)C)no1)Cc1scnc1C. The molecular weight excluding hydrogens is 260 g/mol. The van der Waals surface area contributed by atoms with Gasteiger partial charge in [-0.1, -0.05) is 25.9 Å². The summed E-state index contributed by atoms with van der Waals surface area (Å²) < 4.78 is 5.29. The van der Waals surface area contributed by atoms with E-state index in [1.807, 2.05) is 12.4 Å². The summed E-state index contributed by atoms with van der Waals surface area (Å²) in [7, 11) is 0. The first-order chi connectivity index (χ1) is 9.10. The maximum Gasteiger partial charge on any atom is 0.240 e. The van der Waals surface area contributed by atoms with Crippen molar-refractivity contribution < 1.29 is 4.52 Å². The van der Waals surface area contributed by atoms with Crippen LogP contribution in [0.25, 0.3) is 0 Å². The molecule has 19 heavy (non-hydrogen) atoms. The van der Waals surface area contributed by atoms with Gasteiger partial charge in [0.25, 0.3) is 0 Å². The predicted molar refractivity (Wildman–Crippen MR) is 75.0 cm³/mol. The summed E-state index contributed by atoms with van der Waals surface area (Å²) in [5.74, 6) is 1.77. The maximum atomic E-state index is 5.29. The average molecular weight is 280 g/mol. The van der Waals surface area contributed by atoms with Crippen LogP contribution in [0, 0.1) is 6.92 Å². The monoisotopic (exact) mass is 280 g/mol. The molecule has 0 aliphatic carbocycles. The molecule has 0 spiro atoms. The van der Waals surface area contributed by atoms with Crippen molar-refractivity contribution in [2.75, 3.05) is 6.54 Å². The van der Waals surface area contributed by atoms with Crippen molar-refractivity contribution in [2.45, 2.75) is 46.7 Å². The number of hydrogen-bond donors (Lipinski definition) is 0. The highest BCUT2D eigenvalue weighted by Gasteiger charge is 2.14. The second-order valence-corrected chi connectivity index (χ2v) is 5.80. The fraction of sp³-hybridized carbons (Fsp3) is 0.615. The molecule has 0 bridgehead atoms. The van der Waals surface area contributed by atoms with Gasteiger partial charge in [-0.25, -0.2) is 4.98 Å². The summed E-state index contributed by atoms with van der Waals surface area (Å²) in [6, 6.07) is 0. The van der Waals surface area contributed by atoms with Gasteiger partial charge >= 0.3 is 0 Å². The maximum absolute atomic E-state index is 5.29. The number of hydrogen-bond acceptors (Lipinski definition) is 6. The van der Waals surface area contributed by atoms with Gasteiger partial charge in [0.15, 0.2) is 5.82 Å². The molecule has 6 heteroatoms. The second-order valence-electron chi connectivity index (χ2n) is 4.87. The van der Waals surface area contributed by atoms with Gasteiger partial charge in [-0.05, 0) is 13.5 Å². The van der Waals surface area contributed by atoms with Crippen molar-refractivity contribution >= 4 is 11.3 Å². The van der Waals surface area contributed by atoms with Crippen molar-refractivity contribution in [1.82, 2.24) is 20.0 Å². The molecule has 2 rings (SSSR count). The highest BCUT2D eigenvalue weighted by Crippen LogP contribution is 2.17. The third kappa shape index (κ3) is 3.61. The quantitative estimate of drug-likeness (QED) is 0.814. The van der Waals surface area contributed by atoms with E-state index in [4.69, 9.17) is 4.52 Å². The Morgan fingerprint density at radius 3 is 2.68 bits per heavy atom. The van der Waals surface area contributed by atoms with Crippen molar-refractivity contribution in [2.24, 2.45) is 0 Å². The van der Waals surface area contributed by atoms with Crippen LogP contribution in [0.5, 0.6) is 0 Å². The van der Waals surface area contributed by atoms with Gasteiger partial charge in [-0.2, -0.15) is 4.98 Å². The fourth-order valence-corrected chi connectivity index (χ4v) is 2.54. The third-order valence-electron chi connectivity index (χ3n) is 3.02. The van der Waals surface area contributed by atoms with E-state index in [1.165, 1.54) is 4.88 Å². The van der Waals surface area contributed by atoms with Gasteiger partial charge in [0.1, 0.15) is 0 Å². The van der Waals surface area contributed by atoms with Gasteiger partial charge < -0.3 is 4.52 Å². The van der Waals surface area contributed by atoms with Crippen LogP contribution < -0.4 is 0 Å². The first-order valence-electron chi connectivity index (χ1n) is 6.54. The molecular formula is C13H20N4OS. The summed E-state index contributed by atoms with van der Waals surface area (Å²) in [6.07, 6.45) is 0. The number of rotatable bonds is 6. The largest absolute Gasteiger partial charge is 0.338 e. The molecule has 2 aromatic heterocycles. The van der Waals surface area contributed by atoms with Crippen LogP contribution in [0.15, 0.2) is 10.0 Å². The molecule has 0 amide bonds. The zero-order chi connectivity index (χ0) is 13.8. The molecule has 0 aliphatic rings. The van der Waals surface area contributed by atoms with Gasteiger partial charge in [-0.3, -0.25) is 4.90 Å². The van der Waals surface area contributed by atoms with Crippen LogP contribution in [-0.4, -0.2) is 26.6 Å². The standard InChI is InChI=1S/C13H20N4OS/c1-5-17(6-11-10(4)14-8-19-11)7-12-15-13(9(2)3)16-18-12/h8-9H,5-7H2,1-4H3. The van der Waals surface area contributed by atoms with E-state index in [2.05, 4.69) is 40.8 Å². The molecule has 5 nitrogen and oxygen atoms in total. The highest BCUT2D eigenvalue weighted by molar-refractivity contribution is 7.09. The predicted octanol–water partition coefficient (Wildman–Crippen LogP) is 2.98. The molecule has 2 aromatic rings. The fourth-order valence-electron chi connectivity index (χ4n) is 1.72. The summed E-state index contributed by atoms with van der Waals surface area (Å²) in [5, 5.41) is 4.00. The van der Waals surface area contributed by atoms with E-state index in [-0.39, 0.29) is 0 Å². The minimum absolute atomic E-state index is 0.302. The lowest BCUT2D eigenvalue weighted by molar-refractivity contribution is 0.230. The lowest BCUT2D eigenvalue weighted by Crippen LogP contribution is -2.22. The Bertz CT molecular complexity index is 520. The molecule has 0 saturated heterocycles. The molecule has 0 radical (unpaired) electrons. The Labute approximate surface area is 117 Å². The number of aromatic nitrogens is 3. The van der Waals surface area contributed by atoms with E-state index < -0.39 is 0 Å². The average Bonchev–Trinajstić information content (AvgIpc) is 2.98. The Morgan fingerprint density at radius 2 is 2.16 bits per heavy atom. The first kappa shape index (κ1) is 14.1. The Kier molecular flexibility index (Phi) is 4.66. The lowest BCUT2D eigenvalue weighted by atomic mass is 10.2. The topological polar surface area (TPSA) is 55.1 Å². The van der Waals surface area contributed by atoms with Crippen LogP contribution in [0.3, 0.4) is 0 Å². The molecule has 2 heterocycles. The van der Waals surface area contributed by atoms with Gasteiger partial charge in [0, 0.05) is 17.3 Å². The van der Waals surface area contributed by atoms with Crippen LogP contribution in [0.1, 0.15) is 49.0 Å². The molecule has 0 unspecified atom stereocenters. The van der Waals surface area contributed by atoms with Crippen LogP contribution in [0.4, 0.5) is 0 Å². The normalized spacial score (nSPS) is 11.7. The van der Waals surface area contributed by atoms with E-state index >= 15 is 0 Å². The molecule has 0 saturated carbocycles. The van der Waals surface area contributed by atoms with Crippen molar-refractivity contribution in [3.8, 4) is 0 Å². The summed E-state index contributed by atoms with van der Waals surface area (Å²) in [6.45, 7) is 10.8.